The van der Waals surface area contributed by atoms with Crippen LogP contribution in [-0.4, -0.2) is 14.2 Å². The Kier molecular flexibility index (Phi) is 4.15. The van der Waals surface area contributed by atoms with Crippen molar-refractivity contribution in [3.05, 3.63) is 48.0 Å². The zero-order chi connectivity index (χ0) is 13.0. The molecule has 0 saturated heterocycles. The summed E-state index contributed by atoms with van der Waals surface area (Å²) in [5.74, 6) is 1.60. The molecular formula is C15H16O2S. The third-order valence-corrected chi connectivity index (χ3v) is 3.70. The predicted octanol–water partition coefficient (Wildman–Crippen LogP) is 4.16. The van der Waals surface area contributed by atoms with Crippen LogP contribution in [0.25, 0.3) is 0 Å². The third-order valence-electron chi connectivity index (χ3n) is 2.65. The Balaban J connectivity index is 2.39. The largest absolute Gasteiger partial charge is 0.493 e. The normalized spacial score (nSPS) is 10.2. The highest BCUT2D eigenvalue weighted by Crippen LogP contribution is 2.42. The zero-order valence-corrected chi connectivity index (χ0v) is 11.6. The molecule has 0 atom stereocenters. The van der Waals surface area contributed by atoms with E-state index in [1.165, 1.54) is 4.90 Å². The van der Waals surface area contributed by atoms with Gasteiger partial charge in [0, 0.05) is 4.90 Å². The molecule has 0 saturated carbocycles. The van der Waals surface area contributed by atoms with Crippen molar-refractivity contribution in [3.63, 3.8) is 0 Å². The van der Waals surface area contributed by atoms with Gasteiger partial charge in [-0.1, -0.05) is 36.0 Å². The molecule has 0 radical (unpaired) electrons. The van der Waals surface area contributed by atoms with Crippen molar-refractivity contribution in [2.75, 3.05) is 14.2 Å². The second kappa shape index (κ2) is 5.83. The molecule has 0 aliphatic heterocycles. The van der Waals surface area contributed by atoms with Gasteiger partial charge in [0.1, 0.15) is 0 Å². The third kappa shape index (κ3) is 2.62. The van der Waals surface area contributed by atoms with Gasteiger partial charge < -0.3 is 9.47 Å². The van der Waals surface area contributed by atoms with E-state index in [-0.39, 0.29) is 0 Å². The van der Waals surface area contributed by atoms with E-state index in [0.717, 1.165) is 22.0 Å². The fraction of sp³-hybridized carbons (Fsp3) is 0.200. The Morgan fingerprint density at radius 3 is 2.11 bits per heavy atom. The summed E-state index contributed by atoms with van der Waals surface area (Å²) in [7, 11) is 3.34. The van der Waals surface area contributed by atoms with Crippen LogP contribution in [0.3, 0.4) is 0 Å². The van der Waals surface area contributed by atoms with E-state index >= 15 is 0 Å². The van der Waals surface area contributed by atoms with Gasteiger partial charge in [0.25, 0.3) is 0 Å². The zero-order valence-electron chi connectivity index (χ0n) is 10.8. The summed E-state index contributed by atoms with van der Waals surface area (Å²) in [6, 6.07) is 14.3. The van der Waals surface area contributed by atoms with Crippen LogP contribution < -0.4 is 9.47 Å². The average molecular weight is 260 g/mol. The number of rotatable bonds is 4. The lowest BCUT2D eigenvalue weighted by Gasteiger charge is -2.14. The van der Waals surface area contributed by atoms with E-state index in [9.17, 15) is 0 Å². The fourth-order valence-electron chi connectivity index (χ4n) is 1.79. The SMILES string of the molecule is COc1c(C)ccc(Sc2ccccc2)c1OC. The monoisotopic (exact) mass is 260 g/mol. The van der Waals surface area contributed by atoms with Crippen LogP contribution in [0, 0.1) is 6.92 Å². The number of hydrogen-bond donors (Lipinski definition) is 0. The molecule has 2 nitrogen and oxygen atoms in total. The van der Waals surface area contributed by atoms with Crippen molar-refractivity contribution in [3.8, 4) is 11.5 Å². The van der Waals surface area contributed by atoms with Crippen molar-refractivity contribution in [2.45, 2.75) is 16.7 Å². The summed E-state index contributed by atoms with van der Waals surface area (Å²) in [4.78, 5) is 2.24. The lowest BCUT2D eigenvalue weighted by molar-refractivity contribution is 0.346. The highest BCUT2D eigenvalue weighted by atomic mass is 32.2. The van der Waals surface area contributed by atoms with Crippen LogP contribution in [-0.2, 0) is 0 Å². The Morgan fingerprint density at radius 1 is 0.833 bits per heavy atom. The van der Waals surface area contributed by atoms with Crippen LogP contribution in [0.15, 0.2) is 52.3 Å². The van der Waals surface area contributed by atoms with Gasteiger partial charge in [0.2, 0.25) is 0 Å². The summed E-state index contributed by atoms with van der Waals surface area (Å²) < 4.78 is 10.9. The van der Waals surface area contributed by atoms with E-state index in [2.05, 4.69) is 18.2 Å². The van der Waals surface area contributed by atoms with E-state index in [4.69, 9.17) is 9.47 Å². The van der Waals surface area contributed by atoms with Crippen molar-refractivity contribution >= 4 is 11.8 Å². The van der Waals surface area contributed by atoms with Gasteiger partial charge in [-0.2, -0.15) is 0 Å². The fourth-order valence-corrected chi connectivity index (χ4v) is 2.74. The van der Waals surface area contributed by atoms with Gasteiger partial charge in [-0.25, -0.2) is 0 Å². The van der Waals surface area contributed by atoms with E-state index in [0.29, 0.717) is 0 Å². The molecule has 2 aromatic rings. The predicted molar refractivity (Wildman–Crippen MR) is 74.8 cm³/mol. The van der Waals surface area contributed by atoms with Crippen molar-refractivity contribution in [2.24, 2.45) is 0 Å². The summed E-state index contributed by atoms with van der Waals surface area (Å²) >= 11 is 1.67. The first kappa shape index (κ1) is 12.8. The molecule has 0 fully saturated rings. The van der Waals surface area contributed by atoms with E-state index in [1.807, 2.05) is 31.2 Å². The van der Waals surface area contributed by atoms with Crippen LogP contribution >= 0.6 is 11.8 Å². The maximum absolute atomic E-state index is 5.47. The molecule has 0 amide bonds. The minimum atomic E-state index is 0.798. The molecule has 0 N–H and O–H groups in total. The van der Waals surface area contributed by atoms with Crippen molar-refractivity contribution < 1.29 is 9.47 Å². The van der Waals surface area contributed by atoms with Crippen LogP contribution in [0.1, 0.15) is 5.56 Å². The van der Waals surface area contributed by atoms with Gasteiger partial charge in [-0.15, -0.1) is 0 Å². The topological polar surface area (TPSA) is 18.5 Å². The smallest absolute Gasteiger partial charge is 0.174 e. The number of methoxy groups -OCH3 is 2. The Bertz CT molecular complexity index is 524. The molecule has 3 heteroatoms. The number of aryl methyl sites for hydroxylation is 1. The highest BCUT2D eigenvalue weighted by molar-refractivity contribution is 7.99. The molecule has 18 heavy (non-hydrogen) atoms. The van der Waals surface area contributed by atoms with E-state index < -0.39 is 0 Å². The Morgan fingerprint density at radius 2 is 1.50 bits per heavy atom. The maximum Gasteiger partial charge on any atom is 0.174 e. The van der Waals surface area contributed by atoms with Gasteiger partial charge in [0.15, 0.2) is 11.5 Å². The lowest BCUT2D eigenvalue weighted by Crippen LogP contribution is -1.94. The average Bonchev–Trinajstić information content (AvgIpc) is 2.41. The van der Waals surface area contributed by atoms with E-state index in [1.54, 1.807) is 26.0 Å². The second-order valence-electron chi connectivity index (χ2n) is 3.86. The first-order valence-corrected chi connectivity index (χ1v) is 6.52. The number of ether oxygens (including phenoxy) is 2. The van der Waals surface area contributed by atoms with Gasteiger partial charge in [-0.05, 0) is 30.7 Å². The van der Waals surface area contributed by atoms with Crippen LogP contribution in [0.4, 0.5) is 0 Å². The summed E-state index contributed by atoms with van der Waals surface area (Å²) in [5.41, 5.74) is 1.08. The Hall–Kier alpha value is -1.61. The van der Waals surface area contributed by atoms with Gasteiger partial charge >= 0.3 is 0 Å². The van der Waals surface area contributed by atoms with Crippen molar-refractivity contribution in [1.29, 1.82) is 0 Å². The molecule has 0 aromatic heterocycles. The standard InChI is InChI=1S/C15H16O2S/c1-11-9-10-13(15(17-3)14(11)16-2)18-12-7-5-4-6-8-12/h4-10H,1-3H3. The molecule has 0 spiro atoms. The first-order chi connectivity index (χ1) is 8.76. The lowest BCUT2D eigenvalue weighted by atomic mass is 10.2. The summed E-state index contributed by atoms with van der Waals surface area (Å²) in [6.07, 6.45) is 0. The Labute approximate surface area is 112 Å². The van der Waals surface area contributed by atoms with Crippen LogP contribution in [0.2, 0.25) is 0 Å². The molecule has 0 unspecified atom stereocenters. The molecule has 0 aliphatic carbocycles. The number of benzene rings is 2. The highest BCUT2D eigenvalue weighted by Gasteiger charge is 2.13. The van der Waals surface area contributed by atoms with Gasteiger partial charge in [-0.3, -0.25) is 0 Å². The maximum atomic E-state index is 5.47. The molecule has 0 bridgehead atoms. The summed E-state index contributed by atoms with van der Waals surface area (Å²) in [5, 5.41) is 0. The first-order valence-electron chi connectivity index (χ1n) is 5.70. The minimum absolute atomic E-state index is 0.798. The molecule has 2 rings (SSSR count). The van der Waals surface area contributed by atoms with Gasteiger partial charge in [0.05, 0.1) is 19.1 Å². The molecular weight excluding hydrogens is 244 g/mol. The second-order valence-corrected chi connectivity index (χ2v) is 4.98. The molecule has 0 heterocycles. The van der Waals surface area contributed by atoms with Crippen molar-refractivity contribution in [1.82, 2.24) is 0 Å². The molecule has 94 valence electrons. The molecule has 0 aliphatic rings. The summed E-state index contributed by atoms with van der Waals surface area (Å²) in [6.45, 7) is 2.01. The quantitative estimate of drug-likeness (QED) is 0.822. The minimum Gasteiger partial charge on any atom is -0.493 e. The number of hydrogen-bond acceptors (Lipinski definition) is 3. The van der Waals surface area contributed by atoms with Crippen LogP contribution in [0.5, 0.6) is 11.5 Å². The molecule has 2 aromatic carbocycles.